The lowest BCUT2D eigenvalue weighted by Gasteiger charge is -2.17. The maximum atomic E-state index is 15.0. The molecule has 1 unspecified atom stereocenters. The van der Waals surface area contributed by atoms with Crippen molar-refractivity contribution in [3.63, 3.8) is 0 Å². The molecule has 174 valence electrons. The van der Waals surface area contributed by atoms with Gasteiger partial charge in [-0.25, -0.2) is 14.6 Å². The van der Waals surface area contributed by atoms with E-state index in [-0.39, 0.29) is 30.2 Å². The van der Waals surface area contributed by atoms with Gasteiger partial charge in [-0.1, -0.05) is 24.3 Å². The van der Waals surface area contributed by atoms with Crippen LogP contribution in [0.1, 0.15) is 12.5 Å². The number of amides is 2. The average molecular weight is 456 g/mol. The molecule has 0 spiro atoms. The van der Waals surface area contributed by atoms with Gasteiger partial charge in [0.05, 0.1) is 25.3 Å². The van der Waals surface area contributed by atoms with Crippen molar-refractivity contribution in [1.29, 1.82) is 0 Å². The SMILES string of the molecule is CC(=O)NCC1CN(c2ccc(-c3ccc(CNNC4=NCCN4)cc3)c(F)c2O)C(=O)O1. The third-order valence-corrected chi connectivity index (χ3v) is 5.28. The molecule has 2 aromatic carbocycles. The molecular weight excluding hydrogens is 431 g/mol. The minimum Gasteiger partial charge on any atom is -0.503 e. The average Bonchev–Trinajstić information content (AvgIpc) is 3.44. The number of phenolic OH excluding ortho intramolecular Hbond substituents is 1. The van der Waals surface area contributed by atoms with Gasteiger partial charge < -0.3 is 20.5 Å². The zero-order chi connectivity index (χ0) is 23.4. The van der Waals surface area contributed by atoms with Crippen LogP contribution in [0.3, 0.4) is 0 Å². The number of phenols is 1. The van der Waals surface area contributed by atoms with E-state index < -0.39 is 23.8 Å². The number of hydrogen-bond donors (Lipinski definition) is 5. The quantitative estimate of drug-likeness (QED) is 0.397. The molecule has 0 aromatic heterocycles. The number of hydrazine groups is 1. The number of nitrogens with one attached hydrogen (secondary N) is 4. The molecule has 0 radical (unpaired) electrons. The highest BCUT2D eigenvalue weighted by atomic mass is 19.1. The zero-order valence-corrected chi connectivity index (χ0v) is 18.0. The Balaban J connectivity index is 1.42. The molecule has 5 N–H and O–H groups in total. The summed E-state index contributed by atoms with van der Waals surface area (Å²) in [5, 5.41) is 16.1. The monoisotopic (exact) mass is 456 g/mol. The fraction of sp³-hybridized carbons (Fsp3) is 0.318. The van der Waals surface area contributed by atoms with Gasteiger partial charge in [-0.15, -0.1) is 0 Å². The van der Waals surface area contributed by atoms with E-state index in [0.29, 0.717) is 18.1 Å². The van der Waals surface area contributed by atoms with Crippen LogP contribution in [0, 0.1) is 5.82 Å². The molecule has 2 amide bonds. The predicted octanol–water partition coefficient (Wildman–Crippen LogP) is 1.21. The van der Waals surface area contributed by atoms with E-state index in [1.54, 1.807) is 12.1 Å². The van der Waals surface area contributed by atoms with Crippen LogP contribution in [0.15, 0.2) is 41.4 Å². The second kappa shape index (κ2) is 9.74. The fourth-order valence-electron chi connectivity index (χ4n) is 3.59. The Morgan fingerprint density at radius 3 is 2.79 bits per heavy atom. The van der Waals surface area contributed by atoms with E-state index in [2.05, 4.69) is 26.5 Å². The molecule has 2 aliphatic rings. The molecule has 2 aliphatic heterocycles. The molecule has 33 heavy (non-hydrogen) atoms. The molecule has 1 fully saturated rings. The zero-order valence-electron chi connectivity index (χ0n) is 18.0. The Bertz CT molecular complexity index is 1080. The molecule has 0 bridgehead atoms. The number of benzene rings is 2. The number of carbonyl (C=O) groups is 2. The van der Waals surface area contributed by atoms with E-state index in [4.69, 9.17) is 4.74 Å². The summed E-state index contributed by atoms with van der Waals surface area (Å²) in [7, 11) is 0. The Labute approximate surface area is 189 Å². The Morgan fingerprint density at radius 1 is 1.30 bits per heavy atom. The van der Waals surface area contributed by atoms with Gasteiger partial charge >= 0.3 is 6.09 Å². The number of hydrogen-bond acceptors (Lipinski definition) is 8. The Hall–Kier alpha value is -3.86. The van der Waals surface area contributed by atoms with Crippen LogP contribution in [0.2, 0.25) is 0 Å². The van der Waals surface area contributed by atoms with Gasteiger partial charge in [-0.2, -0.15) is 0 Å². The van der Waals surface area contributed by atoms with Crippen molar-refractivity contribution in [2.75, 3.05) is 31.1 Å². The van der Waals surface area contributed by atoms with Crippen LogP contribution in [-0.2, 0) is 16.1 Å². The maximum absolute atomic E-state index is 15.0. The highest BCUT2D eigenvalue weighted by Gasteiger charge is 2.34. The molecule has 4 rings (SSSR count). The topological polar surface area (TPSA) is 127 Å². The first-order chi connectivity index (χ1) is 15.9. The molecule has 1 atom stereocenters. The number of halogens is 1. The molecule has 11 heteroatoms. The smallest absolute Gasteiger partial charge is 0.414 e. The highest BCUT2D eigenvalue weighted by molar-refractivity contribution is 5.92. The number of nitrogens with zero attached hydrogens (tertiary/aromatic N) is 2. The van der Waals surface area contributed by atoms with Gasteiger partial charge in [-0.05, 0) is 23.3 Å². The van der Waals surface area contributed by atoms with Gasteiger partial charge in [0.2, 0.25) is 11.9 Å². The molecule has 0 aliphatic carbocycles. The molecule has 1 saturated heterocycles. The van der Waals surface area contributed by atoms with Crippen molar-refractivity contribution >= 4 is 23.6 Å². The third-order valence-electron chi connectivity index (χ3n) is 5.28. The van der Waals surface area contributed by atoms with Crippen LogP contribution >= 0.6 is 0 Å². The summed E-state index contributed by atoms with van der Waals surface area (Å²) in [5.41, 5.74) is 7.81. The molecule has 10 nitrogen and oxygen atoms in total. The van der Waals surface area contributed by atoms with Crippen LogP contribution in [0.25, 0.3) is 11.1 Å². The number of ether oxygens (including phenoxy) is 1. The van der Waals surface area contributed by atoms with E-state index in [0.717, 1.165) is 23.6 Å². The van der Waals surface area contributed by atoms with Crippen molar-refractivity contribution < 1.29 is 23.8 Å². The fourth-order valence-corrected chi connectivity index (χ4v) is 3.59. The Kier molecular flexibility index (Phi) is 6.59. The van der Waals surface area contributed by atoms with E-state index >= 15 is 4.39 Å². The molecule has 0 saturated carbocycles. The van der Waals surface area contributed by atoms with Crippen LogP contribution < -0.4 is 26.4 Å². The van der Waals surface area contributed by atoms with Crippen molar-refractivity contribution in [3.05, 3.63) is 47.8 Å². The first kappa shape index (κ1) is 22.3. The largest absolute Gasteiger partial charge is 0.503 e. The summed E-state index contributed by atoms with van der Waals surface area (Å²) in [6.45, 7) is 3.67. The van der Waals surface area contributed by atoms with Crippen molar-refractivity contribution in [2.45, 2.75) is 19.6 Å². The van der Waals surface area contributed by atoms with E-state index in [9.17, 15) is 14.7 Å². The van der Waals surface area contributed by atoms with Gasteiger partial charge in [0.15, 0.2) is 11.6 Å². The number of aromatic hydroxyl groups is 1. The predicted molar refractivity (Wildman–Crippen MR) is 120 cm³/mol. The first-order valence-electron chi connectivity index (χ1n) is 10.5. The molecule has 2 heterocycles. The van der Waals surface area contributed by atoms with Crippen LogP contribution in [0.5, 0.6) is 5.75 Å². The second-order valence-electron chi connectivity index (χ2n) is 7.68. The third kappa shape index (κ3) is 5.14. The second-order valence-corrected chi connectivity index (χ2v) is 7.68. The highest BCUT2D eigenvalue weighted by Crippen LogP contribution is 2.38. The van der Waals surface area contributed by atoms with Gasteiger partial charge in [-0.3, -0.25) is 20.1 Å². The van der Waals surface area contributed by atoms with Crippen molar-refractivity contribution in [2.24, 2.45) is 4.99 Å². The normalized spacial score (nSPS) is 17.4. The Morgan fingerprint density at radius 2 is 2.09 bits per heavy atom. The van der Waals surface area contributed by atoms with Crippen molar-refractivity contribution in [1.82, 2.24) is 21.5 Å². The minimum atomic E-state index is -0.830. The van der Waals surface area contributed by atoms with Crippen LogP contribution in [-0.4, -0.2) is 55.3 Å². The van der Waals surface area contributed by atoms with E-state index in [1.807, 2.05) is 12.1 Å². The van der Waals surface area contributed by atoms with E-state index in [1.165, 1.54) is 19.1 Å². The lowest BCUT2D eigenvalue weighted by Crippen LogP contribution is -2.42. The molecule has 2 aromatic rings. The standard InChI is InChI=1S/C22H25FN6O4/c1-13(30)26-11-16-12-29(22(32)33-16)18-7-6-17(19(23)20(18)31)15-4-2-14(3-5-15)10-27-28-21-24-8-9-25-21/h2-7,16,27,31H,8-12H2,1H3,(H,26,30)(H2,24,25,28). The first-order valence-corrected chi connectivity index (χ1v) is 10.5. The number of guanidine groups is 1. The lowest BCUT2D eigenvalue weighted by molar-refractivity contribution is -0.119. The summed E-state index contributed by atoms with van der Waals surface area (Å²) < 4.78 is 20.2. The van der Waals surface area contributed by atoms with Crippen LogP contribution in [0.4, 0.5) is 14.9 Å². The summed E-state index contributed by atoms with van der Waals surface area (Å²) >= 11 is 0. The molecular formula is C22H25FN6O4. The van der Waals surface area contributed by atoms with Gasteiger partial charge in [0.1, 0.15) is 6.10 Å². The number of aliphatic imine (C=N–C) groups is 1. The van der Waals surface area contributed by atoms with Gasteiger partial charge in [0.25, 0.3) is 0 Å². The van der Waals surface area contributed by atoms with Gasteiger partial charge in [0, 0.05) is 25.6 Å². The summed E-state index contributed by atoms with van der Waals surface area (Å²) in [4.78, 5) is 28.6. The number of anilines is 1. The number of rotatable bonds is 7. The van der Waals surface area contributed by atoms with Crippen molar-refractivity contribution in [3.8, 4) is 16.9 Å². The summed E-state index contributed by atoms with van der Waals surface area (Å²) in [6.07, 6.45) is -1.30. The summed E-state index contributed by atoms with van der Waals surface area (Å²) in [6, 6.07) is 10.2. The summed E-state index contributed by atoms with van der Waals surface area (Å²) in [5.74, 6) is -1.01. The maximum Gasteiger partial charge on any atom is 0.414 e. The lowest BCUT2D eigenvalue weighted by atomic mass is 10.0. The number of carbonyl (C=O) groups excluding carboxylic acids is 2. The number of cyclic esters (lactones) is 1. The minimum absolute atomic E-state index is 0.0157.